The summed E-state index contributed by atoms with van der Waals surface area (Å²) in [4.78, 5) is 37.2. The Balaban J connectivity index is 2.07. The first-order valence-electron chi connectivity index (χ1n) is 9.34. The molecule has 0 bridgehead atoms. The fraction of sp³-hybridized carbons (Fsp3) is 0.348. The summed E-state index contributed by atoms with van der Waals surface area (Å²) >= 11 is 0. The van der Waals surface area contributed by atoms with Crippen molar-refractivity contribution in [2.75, 3.05) is 12.4 Å². The summed E-state index contributed by atoms with van der Waals surface area (Å²) in [6.45, 7) is 8.83. The lowest BCUT2D eigenvalue weighted by Crippen LogP contribution is -2.27. The third kappa shape index (κ3) is 5.67. The molecule has 0 aliphatic carbocycles. The number of esters is 1. The van der Waals surface area contributed by atoms with Gasteiger partial charge >= 0.3 is 5.97 Å². The lowest BCUT2D eigenvalue weighted by atomic mass is 9.95. The van der Waals surface area contributed by atoms with E-state index in [1.807, 2.05) is 33.8 Å². The highest BCUT2D eigenvalue weighted by Gasteiger charge is 2.24. The number of methoxy groups -OCH3 is 1. The molecule has 1 atom stereocenters. The zero-order chi connectivity index (χ0) is 21.8. The summed E-state index contributed by atoms with van der Waals surface area (Å²) in [5.41, 5.74) is 1.61. The van der Waals surface area contributed by atoms with Crippen molar-refractivity contribution in [3.63, 3.8) is 0 Å². The highest BCUT2D eigenvalue weighted by Crippen LogP contribution is 2.22. The molecule has 0 aliphatic heterocycles. The van der Waals surface area contributed by atoms with Crippen LogP contribution in [0.5, 0.6) is 5.75 Å². The molecule has 0 aromatic heterocycles. The summed E-state index contributed by atoms with van der Waals surface area (Å²) < 4.78 is 10.5. The molecular weight excluding hydrogens is 370 g/mol. The van der Waals surface area contributed by atoms with Crippen molar-refractivity contribution in [2.45, 2.75) is 40.7 Å². The standard InChI is InChI=1S/C23H27NO5/c1-14-7-12-19(28-6)18(13-14)21(26)29-15(2)20(25)16-8-10-17(11-9-16)24-22(27)23(3,4)5/h7-13,15H,1-6H3,(H,24,27)/t15-/m1/s1. The lowest BCUT2D eigenvalue weighted by Gasteiger charge is -2.18. The second kappa shape index (κ2) is 8.90. The molecule has 29 heavy (non-hydrogen) atoms. The van der Waals surface area contributed by atoms with Crippen molar-refractivity contribution in [1.82, 2.24) is 0 Å². The van der Waals surface area contributed by atoms with Crippen LogP contribution >= 0.6 is 0 Å². The van der Waals surface area contributed by atoms with Gasteiger partial charge in [0.25, 0.3) is 0 Å². The zero-order valence-electron chi connectivity index (χ0n) is 17.7. The summed E-state index contributed by atoms with van der Waals surface area (Å²) in [5.74, 6) is -0.690. The van der Waals surface area contributed by atoms with Gasteiger partial charge in [0, 0.05) is 16.7 Å². The highest BCUT2D eigenvalue weighted by molar-refractivity contribution is 6.02. The maximum atomic E-state index is 12.6. The molecular formula is C23H27NO5. The Kier molecular flexibility index (Phi) is 6.80. The second-order valence-corrected chi connectivity index (χ2v) is 7.90. The number of hydrogen-bond acceptors (Lipinski definition) is 5. The number of ether oxygens (including phenoxy) is 2. The van der Waals surface area contributed by atoms with Gasteiger partial charge in [-0.25, -0.2) is 4.79 Å². The van der Waals surface area contributed by atoms with Gasteiger partial charge < -0.3 is 14.8 Å². The fourth-order valence-corrected chi connectivity index (χ4v) is 2.53. The van der Waals surface area contributed by atoms with Crippen LogP contribution in [0.4, 0.5) is 5.69 Å². The Morgan fingerprint density at radius 1 is 1.00 bits per heavy atom. The molecule has 0 aliphatic rings. The number of nitrogens with one attached hydrogen (secondary N) is 1. The van der Waals surface area contributed by atoms with Gasteiger partial charge in [-0.2, -0.15) is 0 Å². The first kappa shape index (κ1) is 22.1. The lowest BCUT2D eigenvalue weighted by molar-refractivity contribution is -0.123. The number of carbonyl (C=O) groups is 3. The number of amides is 1. The maximum Gasteiger partial charge on any atom is 0.342 e. The molecule has 0 saturated carbocycles. The molecule has 1 amide bonds. The second-order valence-electron chi connectivity index (χ2n) is 7.90. The predicted molar refractivity (Wildman–Crippen MR) is 111 cm³/mol. The van der Waals surface area contributed by atoms with Gasteiger partial charge in [-0.1, -0.05) is 32.4 Å². The van der Waals surface area contributed by atoms with Gasteiger partial charge in [0.2, 0.25) is 11.7 Å². The molecule has 0 spiro atoms. The van der Waals surface area contributed by atoms with Crippen LogP contribution in [0.2, 0.25) is 0 Å². The van der Waals surface area contributed by atoms with Gasteiger partial charge in [-0.3, -0.25) is 9.59 Å². The summed E-state index contributed by atoms with van der Waals surface area (Å²) in [6, 6.07) is 11.7. The Hall–Kier alpha value is -3.15. The van der Waals surface area contributed by atoms with Crippen molar-refractivity contribution in [3.05, 3.63) is 59.2 Å². The van der Waals surface area contributed by atoms with Crippen LogP contribution in [0, 0.1) is 12.3 Å². The van der Waals surface area contributed by atoms with E-state index in [-0.39, 0.29) is 17.3 Å². The summed E-state index contributed by atoms with van der Waals surface area (Å²) in [7, 11) is 1.47. The van der Waals surface area contributed by atoms with E-state index >= 15 is 0 Å². The minimum absolute atomic E-state index is 0.119. The molecule has 0 fully saturated rings. The molecule has 2 aromatic carbocycles. The Bertz CT molecular complexity index is 910. The van der Waals surface area contributed by atoms with Crippen LogP contribution < -0.4 is 10.1 Å². The van der Waals surface area contributed by atoms with Crippen LogP contribution in [0.3, 0.4) is 0 Å². The first-order chi connectivity index (χ1) is 13.5. The average molecular weight is 397 g/mol. The number of hydrogen-bond donors (Lipinski definition) is 1. The molecule has 2 aromatic rings. The van der Waals surface area contributed by atoms with Crippen LogP contribution in [0.15, 0.2) is 42.5 Å². The number of ketones is 1. The van der Waals surface area contributed by atoms with Crippen LogP contribution in [0.25, 0.3) is 0 Å². The largest absolute Gasteiger partial charge is 0.496 e. The SMILES string of the molecule is COc1ccc(C)cc1C(=O)O[C@H](C)C(=O)c1ccc(NC(=O)C(C)(C)C)cc1. The first-order valence-corrected chi connectivity index (χ1v) is 9.34. The van der Waals surface area contributed by atoms with E-state index in [1.165, 1.54) is 14.0 Å². The molecule has 1 N–H and O–H groups in total. The zero-order valence-corrected chi connectivity index (χ0v) is 17.7. The molecule has 6 nitrogen and oxygen atoms in total. The average Bonchev–Trinajstić information content (AvgIpc) is 2.67. The Morgan fingerprint density at radius 2 is 1.62 bits per heavy atom. The minimum Gasteiger partial charge on any atom is -0.496 e. The molecule has 6 heteroatoms. The van der Waals surface area contributed by atoms with E-state index in [0.29, 0.717) is 17.0 Å². The van der Waals surface area contributed by atoms with Gasteiger partial charge in [0.15, 0.2) is 6.10 Å². The molecule has 154 valence electrons. The molecule has 0 heterocycles. The third-order valence-electron chi connectivity index (χ3n) is 4.34. The van der Waals surface area contributed by atoms with E-state index in [9.17, 15) is 14.4 Å². The Morgan fingerprint density at radius 3 is 2.17 bits per heavy atom. The van der Waals surface area contributed by atoms with Crippen molar-refractivity contribution < 1.29 is 23.9 Å². The molecule has 2 rings (SSSR count). The number of Topliss-reactive ketones (excluding diaryl/α,β-unsaturated/α-hetero) is 1. The van der Waals surface area contributed by atoms with Gasteiger partial charge in [0.1, 0.15) is 11.3 Å². The summed E-state index contributed by atoms with van der Waals surface area (Å²) in [5, 5.41) is 2.80. The van der Waals surface area contributed by atoms with E-state index in [2.05, 4.69) is 5.32 Å². The van der Waals surface area contributed by atoms with Crippen molar-refractivity contribution in [3.8, 4) is 5.75 Å². The van der Waals surface area contributed by atoms with Gasteiger partial charge in [-0.05, 0) is 50.2 Å². The highest BCUT2D eigenvalue weighted by atomic mass is 16.5. The van der Waals surface area contributed by atoms with E-state index < -0.39 is 17.5 Å². The molecule has 0 saturated heterocycles. The van der Waals surface area contributed by atoms with Crippen LogP contribution in [0.1, 0.15) is 54.0 Å². The normalized spacial score (nSPS) is 12.1. The van der Waals surface area contributed by atoms with E-state index in [4.69, 9.17) is 9.47 Å². The number of rotatable bonds is 6. The van der Waals surface area contributed by atoms with Gasteiger partial charge in [0.05, 0.1) is 7.11 Å². The Labute approximate surface area is 171 Å². The topological polar surface area (TPSA) is 81.7 Å². The van der Waals surface area contributed by atoms with Gasteiger partial charge in [-0.15, -0.1) is 0 Å². The van der Waals surface area contributed by atoms with Crippen molar-refractivity contribution >= 4 is 23.3 Å². The van der Waals surface area contributed by atoms with Crippen LogP contribution in [-0.2, 0) is 9.53 Å². The van der Waals surface area contributed by atoms with Crippen molar-refractivity contribution in [1.29, 1.82) is 0 Å². The van der Waals surface area contributed by atoms with Crippen molar-refractivity contribution in [2.24, 2.45) is 5.41 Å². The molecule has 0 radical (unpaired) electrons. The smallest absolute Gasteiger partial charge is 0.342 e. The number of anilines is 1. The minimum atomic E-state index is -0.970. The third-order valence-corrected chi connectivity index (χ3v) is 4.34. The number of aryl methyl sites for hydroxylation is 1. The molecule has 0 unspecified atom stereocenters. The summed E-state index contributed by atoms with van der Waals surface area (Å²) in [6.07, 6.45) is -0.970. The fourth-order valence-electron chi connectivity index (χ4n) is 2.53. The quantitative estimate of drug-likeness (QED) is 0.576. The van der Waals surface area contributed by atoms with Crippen LogP contribution in [-0.4, -0.2) is 30.9 Å². The van der Waals surface area contributed by atoms with E-state index in [1.54, 1.807) is 36.4 Å². The van der Waals surface area contributed by atoms with E-state index in [0.717, 1.165) is 5.56 Å². The monoisotopic (exact) mass is 397 g/mol. The number of benzene rings is 2. The number of carbonyl (C=O) groups excluding carboxylic acids is 3. The maximum absolute atomic E-state index is 12.6. The predicted octanol–water partition coefficient (Wildman–Crippen LogP) is 4.42.